The molecule has 0 amide bonds. The van der Waals surface area contributed by atoms with Gasteiger partial charge in [-0.25, -0.2) is 4.39 Å². The highest BCUT2D eigenvalue weighted by molar-refractivity contribution is 5.93. The van der Waals surface area contributed by atoms with E-state index in [4.69, 9.17) is 0 Å². The van der Waals surface area contributed by atoms with E-state index >= 15 is 0 Å². The SMILES string of the molecule is Cn1ncc2c(Nc3cc(-c4ccc(C(F)(F)F)cc4)cnn3)cc(F)cc21. The molecule has 5 nitrogen and oxygen atoms in total. The minimum Gasteiger partial charge on any atom is -0.338 e. The van der Waals surface area contributed by atoms with Gasteiger partial charge in [0.1, 0.15) is 5.82 Å². The molecular weight excluding hydrogens is 374 g/mol. The Morgan fingerprint density at radius 3 is 2.43 bits per heavy atom. The van der Waals surface area contributed by atoms with Crippen molar-refractivity contribution in [2.75, 3.05) is 5.32 Å². The van der Waals surface area contributed by atoms with Crippen molar-refractivity contribution in [1.29, 1.82) is 0 Å². The number of hydrogen-bond acceptors (Lipinski definition) is 4. The molecule has 0 aliphatic rings. The maximum Gasteiger partial charge on any atom is 0.416 e. The number of aromatic nitrogens is 4. The third-order valence-corrected chi connectivity index (χ3v) is 4.29. The van der Waals surface area contributed by atoms with Crippen molar-refractivity contribution in [3.63, 3.8) is 0 Å². The number of nitrogens with one attached hydrogen (secondary N) is 1. The Morgan fingerprint density at radius 2 is 1.71 bits per heavy atom. The number of hydrogen-bond donors (Lipinski definition) is 1. The fraction of sp³-hybridized carbons (Fsp3) is 0.105. The van der Waals surface area contributed by atoms with Gasteiger partial charge >= 0.3 is 6.18 Å². The summed E-state index contributed by atoms with van der Waals surface area (Å²) >= 11 is 0. The van der Waals surface area contributed by atoms with Crippen molar-refractivity contribution in [3.8, 4) is 11.1 Å². The summed E-state index contributed by atoms with van der Waals surface area (Å²) in [5.74, 6) is -0.112. The molecule has 0 spiro atoms. The highest BCUT2D eigenvalue weighted by Crippen LogP contribution is 2.32. The molecular formula is C19H13F4N5. The van der Waals surface area contributed by atoms with Crippen LogP contribution in [0.15, 0.2) is 54.9 Å². The zero-order valence-electron chi connectivity index (χ0n) is 14.5. The Morgan fingerprint density at radius 1 is 0.964 bits per heavy atom. The lowest BCUT2D eigenvalue weighted by atomic mass is 10.1. The van der Waals surface area contributed by atoms with Crippen LogP contribution in [0.5, 0.6) is 0 Å². The predicted octanol–water partition coefficient (Wildman–Crippen LogP) is 4.93. The smallest absolute Gasteiger partial charge is 0.338 e. The largest absolute Gasteiger partial charge is 0.416 e. The van der Waals surface area contributed by atoms with Gasteiger partial charge in [0.25, 0.3) is 0 Å². The Hall–Kier alpha value is -3.49. The summed E-state index contributed by atoms with van der Waals surface area (Å²) in [6.45, 7) is 0. The van der Waals surface area contributed by atoms with Gasteiger partial charge in [-0.2, -0.15) is 23.4 Å². The standard InChI is InChI=1S/C19H13F4N5/c1-28-17-8-14(20)7-16(15(17)10-25-28)26-18-6-12(9-24-27-18)11-2-4-13(5-3-11)19(21,22)23/h2-10H,1H3,(H,26,27). The van der Waals surface area contributed by atoms with E-state index in [1.54, 1.807) is 24.0 Å². The second-order valence-electron chi connectivity index (χ2n) is 6.18. The van der Waals surface area contributed by atoms with Crippen LogP contribution >= 0.6 is 0 Å². The Labute approximate surface area is 156 Å². The summed E-state index contributed by atoms with van der Waals surface area (Å²) in [4.78, 5) is 0. The third-order valence-electron chi connectivity index (χ3n) is 4.29. The van der Waals surface area contributed by atoms with E-state index < -0.39 is 17.6 Å². The maximum absolute atomic E-state index is 13.9. The van der Waals surface area contributed by atoms with Gasteiger partial charge in [0, 0.05) is 18.0 Å². The lowest BCUT2D eigenvalue weighted by molar-refractivity contribution is -0.137. The topological polar surface area (TPSA) is 55.6 Å². The van der Waals surface area contributed by atoms with Gasteiger partial charge in [-0.05, 0) is 35.9 Å². The minimum absolute atomic E-state index is 0.327. The molecule has 0 aliphatic heterocycles. The van der Waals surface area contributed by atoms with Gasteiger partial charge in [0.05, 0.1) is 29.2 Å². The number of aryl methyl sites for hydroxylation is 1. The molecule has 0 atom stereocenters. The van der Waals surface area contributed by atoms with Crippen molar-refractivity contribution >= 4 is 22.4 Å². The maximum atomic E-state index is 13.9. The molecule has 1 N–H and O–H groups in total. The number of rotatable bonds is 3. The molecule has 0 fully saturated rings. The highest BCUT2D eigenvalue weighted by atomic mass is 19.4. The Bertz CT molecular complexity index is 1150. The van der Waals surface area contributed by atoms with Crippen LogP contribution in [0, 0.1) is 5.82 Å². The first-order valence-corrected chi connectivity index (χ1v) is 8.20. The van der Waals surface area contributed by atoms with Crippen molar-refractivity contribution < 1.29 is 17.6 Å². The lowest BCUT2D eigenvalue weighted by Gasteiger charge is -2.10. The molecule has 0 unspecified atom stereocenters. The lowest BCUT2D eigenvalue weighted by Crippen LogP contribution is -2.04. The quantitative estimate of drug-likeness (QED) is 0.507. The molecule has 2 heterocycles. The molecule has 0 saturated carbocycles. The number of anilines is 2. The van der Waals surface area contributed by atoms with Crippen molar-refractivity contribution in [2.24, 2.45) is 7.05 Å². The number of halogens is 4. The van der Waals surface area contributed by atoms with E-state index in [1.807, 2.05) is 0 Å². The van der Waals surface area contributed by atoms with Gasteiger partial charge in [-0.3, -0.25) is 4.68 Å². The third kappa shape index (κ3) is 3.38. The molecule has 9 heteroatoms. The molecule has 142 valence electrons. The van der Waals surface area contributed by atoms with Gasteiger partial charge in [0.2, 0.25) is 0 Å². The summed E-state index contributed by atoms with van der Waals surface area (Å²) in [6, 6.07) is 9.07. The van der Waals surface area contributed by atoms with Crippen LogP contribution in [0.1, 0.15) is 5.56 Å². The first kappa shape index (κ1) is 17.9. The molecule has 28 heavy (non-hydrogen) atoms. The minimum atomic E-state index is -4.39. The molecule has 0 saturated heterocycles. The van der Waals surface area contributed by atoms with E-state index in [0.717, 1.165) is 12.1 Å². The molecule has 2 aromatic carbocycles. The average molecular weight is 387 g/mol. The predicted molar refractivity (Wildman–Crippen MR) is 96.4 cm³/mol. The van der Waals surface area contributed by atoms with Crippen molar-refractivity contribution in [1.82, 2.24) is 20.0 Å². The number of nitrogens with zero attached hydrogens (tertiary/aromatic N) is 4. The van der Waals surface area contributed by atoms with Gasteiger partial charge in [0.15, 0.2) is 5.82 Å². The zero-order valence-corrected chi connectivity index (χ0v) is 14.5. The van der Waals surface area contributed by atoms with Crippen LogP contribution in [-0.4, -0.2) is 20.0 Å². The molecule has 4 rings (SSSR count). The average Bonchev–Trinajstić information content (AvgIpc) is 3.02. The summed E-state index contributed by atoms with van der Waals surface area (Å²) in [7, 11) is 1.70. The second-order valence-corrected chi connectivity index (χ2v) is 6.18. The summed E-state index contributed by atoms with van der Waals surface area (Å²) < 4.78 is 53.6. The van der Waals surface area contributed by atoms with E-state index in [0.29, 0.717) is 33.5 Å². The van der Waals surface area contributed by atoms with Gasteiger partial charge in [-0.1, -0.05) is 12.1 Å². The Kier molecular flexibility index (Phi) is 4.21. The van der Waals surface area contributed by atoms with Crippen LogP contribution < -0.4 is 5.32 Å². The first-order valence-electron chi connectivity index (χ1n) is 8.20. The normalized spacial score (nSPS) is 11.8. The molecule has 2 aromatic heterocycles. The van der Waals surface area contributed by atoms with Crippen LogP contribution in [0.4, 0.5) is 29.1 Å². The van der Waals surface area contributed by atoms with Crippen LogP contribution in [0.2, 0.25) is 0 Å². The van der Waals surface area contributed by atoms with E-state index in [-0.39, 0.29) is 0 Å². The molecule has 0 radical (unpaired) electrons. The highest BCUT2D eigenvalue weighted by Gasteiger charge is 2.30. The van der Waals surface area contributed by atoms with E-state index in [2.05, 4.69) is 20.6 Å². The van der Waals surface area contributed by atoms with Crippen molar-refractivity contribution in [3.05, 3.63) is 66.2 Å². The van der Waals surface area contributed by atoms with E-state index in [9.17, 15) is 17.6 Å². The summed E-state index contributed by atoms with van der Waals surface area (Å²) in [6.07, 6.45) is -1.35. The fourth-order valence-electron chi connectivity index (χ4n) is 2.89. The van der Waals surface area contributed by atoms with Crippen LogP contribution in [-0.2, 0) is 13.2 Å². The monoisotopic (exact) mass is 387 g/mol. The summed E-state index contributed by atoms with van der Waals surface area (Å²) in [5, 5.41) is 15.7. The first-order chi connectivity index (χ1) is 13.3. The number of fused-ring (bicyclic) bond motifs is 1. The second kappa shape index (κ2) is 6.59. The van der Waals surface area contributed by atoms with Crippen LogP contribution in [0.25, 0.3) is 22.0 Å². The molecule has 0 bridgehead atoms. The molecule has 4 aromatic rings. The van der Waals surface area contributed by atoms with Crippen molar-refractivity contribution in [2.45, 2.75) is 6.18 Å². The van der Waals surface area contributed by atoms with E-state index in [1.165, 1.54) is 30.5 Å². The Balaban J connectivity index is 1.67. The number of alkyl halides is 3. The summed E-state index contributed by atoms with van der Waals surface area (Å²) in [5.41, 5.74) is 1.47. The van der Waals surface area contributed by atoms with Gasteiger partial charge < -0.3 is 5.32 Å². The van der Waals surface area contributed by atoms with Gasteiger partial charge in [-0.15, -0.1) is 5.10 Å². The molecule has 0 aliphatic carbocycles. The zero-order chi connectivity index (χ0) is 19.9. The van der Waals surface area contributed by atoms with Crippen LogP contribution in [0.3, 0.4) is 0 Å². The fourth-order valence-corrected chi connectivity index (χ4v) is 2.89. The number of benzene rings is 2.